The fourth-order valence-electron chi connectivity index (χ4n) is 1.36. The van der Waals surface area contributed by atoms with E-state index in [1.165, 1.54) is 12.1 Å². The maximum atomic E-state index is 13.0. The highest BCUT2D eigenvalue weighted by atomic mass is 28.3. The summed E-state index contributed by atoms with van der Waals surface area (Å²) < 4.78 is 13.0. The fraction of sp³-hybridized carbons (Fsp3) is 0. The molecule has 0 unspecified atom stereocenters. The summed E-state index contributed by atoms with van der Waals surface area (Å²) in [5.41, 5.74) is 5.51. The molecule has 1 rings (SSSR count). The van der Waals surface area contributed by atoms with Crippen LogP contribution in [0, 0.1) is 5.82 Å². The molecule has 0 heterocycles. The van der Waals surface area contributed by atoms with E-state index in [9.17, 15) is 4.39 Å². The zero-order valence-corrected chi connectivity index (χ0v) is 9.04. The number of hydrogen-bond donors (Lipinski definition) is 0. The highest BCUT2D eigenvalue weighted by Gasteiger charge is 2.24. The van der Waals surface area contributed by atoms with Crippen LogP contribution in [0.15, 0.2) is 61.1 Å². The van der Waals surface area contributed by atoms with E-state index in [1.807, 2.05) is 23.2 Å². The van der Waals surface area contributed by atoms with E-state index in [0.717, 1.165) is 5.19 Å². The molecule has 1 aromatic carbocycles. The van der Waals surface area contributed by atoms with Crippen LogP contribution in [0.5, 0.6) is 0 Å². The lowest BCUT2D eigenvalue weighted by Gasteiger charge is -2.19. The van der Waals surface area contributed by atoms with Crippen LogP contribution in [-0.2, 0) is 0 Å². The minimum Gasteiger partial charge on any atom is -0.207 e. The molecule has 0 atom stereocenters. The molecule has 0 N–H and O–H groups in total. The molecule has 0 aromatic heterocycles. The third-order valence-electron chi connectivity index (χ3n) is 2.34. The van der Waals surface area contributed by atoms with Crippen LogP contribution in [0.25, 0.3) is 0 Å². The second-order valence-corrected chi connectivity index (χ2v) is 6.72. The molecule has 72 valence electrons. The summed E-state index contributed by atoms with van der Waals surface area (Å²) in [6, 6.07) is 6.54. The van der Waals surface area contributed by atoms with Gasteiger partial charge in [-0.15, -0.1) is 19.7 Å². The number of rotatable bonds is 4. The quantitative estimate of drug-likeness (QED) is 0.661. The van der Waals surface area contributed by atoms with Crippen molar-refractivity contribution in [2.45, 2.75) is 0 Å². The summed E-state index contributed by atoms with van der Waals surface area (Å²) in [5.74, 6) is -0.232. The van der Waals surface area contributed by atoms with Crippen molar-refractivity contribution in [2.75, 3.05) is 0 Å². The van der Waals surface area contributed by atoms with Crippen LogP contribution in [0.3, 0.4) is 0 Å². The summed E-state index contributed by atoms with van der Waals surface area (Å²) in [7, 11) is -2.07. The van der Waals surface area contributed by atoms with Crippen LogP contribution in [0.4, 0.5) is 4.39 Å². The van der Waals surface area contributed by atoms with Crippen LogP contribution in [0.2, 0.25) is 0 Å². The Kier molecular flexibility index (Phi) is 3.20. The average molecular weight is 204 g/mol. The van der Waals surface area contributed by atoms with Crippen LogP contribution >= 0.6 is 0 Å². The van der Waals surface area contributed by atoms with Gasteiger partial charge in [0.2, 0.25) is 0 Å². The lowest BCUT2D eigenvalue weighted by atomic mass is 10.3. The van der Waals surface area contributed by atoms with Crippen molar-refractivity contribution >= 4 is 13.3 Å². The first-order chi connectivity index (χ1) is 6.68. The molecule has 0 saturated carbocycles. The highest BCUT2D eigenvalue weighted by Crippen LogP contribution is 2.08. The summed E-state index contributed by atoms with van der Waals surface area (Å²) in [6.45, 7) is 11.3. The largest absolute Gasteiger partial charge is 0.207 e. The molecule has 0 fully saturated rings. The summed E-state index contributed by atoms with van der Waals surface area (Å²) >= 11 is 0. The van der Waals surface area contributed by atoms with E-state index in [0.29, 0.717) is 0 Å². The van der Waals surface area contributed by atoms with Crippen LogP contribution < -0.4 is 5.19 Å². The van der Waals surface area contributed by atoms with Gasteiger partial charge in [-0.1, -0.05) is 29.2 Å². The van der Waals surface area contributed by atoms with Crippen LogP contribution in [-0.4, -0.2) is 8.07 Å². The van der Waals surface area contributed by atoms with E-state index in [1.54, 1.807) is 6.07 Å². The molecule has 1 aromatic rings. The molecule has 0 aliphatic heterocycles. The molecule has 0 aliphatic carbocycles. The van der Waals surface area contributed by atoms with Gasteiger partial charge >= 0.3 is 0 Å². The van der Waals surface area contributed by atoms with Gasteiger partial charge in [0.25, 0.3) is 0 Å². The van der Waals surface area contributed by atoms with E-state index in [4.69, 9.17) is 0 Å². The molecule has 0 amide bonds. The Balaban J connectivity index is 3.30. The van der Waals surface area contributed by atoms with Crippen LogP contribution in [0.1, 0.15) is 0 Å². The van der Waals surface area contributed by atoms with Gasteiger partial charge in [-0.3, -0.25) is 0 Å². The van der Waals surface area contributed by atoms with Gasteiger partial charge in [0.05, 0.1) is 0 Å². The van der Waals surface area contributed by atoms with Crippen molar-refractivity contribution in [2.24, 2.45) is 0 Å². The Bertz CT molecular complexity index is 347. The average Bonchev–Trinajstić information content (AvgIpc) is 2.22. The third-order valence-corrected chi connectivity index (χ3v) is 5.68. The molecule has 0 aliphatic rings. The molecule has 0 nitrogen and oxygen atoms in total. The molecular weight excluding hydrogens is 191 g/mol. The highest BCUT2D eigenvalue weighted by molar-refractivity contribution is 7.03. The minimum atomic E-state index is -2.07. The number of halogens is 1. The van der Waals surface area contributed by atoms with Crippen molar-refractivity contribution in [1.82, 2.24) is 0 Å². The van der Waals surface area contributed by atoms with E-state index in [-0.39, 0.29) is 5.82 Å². The predicted molar refractivity (Wildman–Crippen MR) is 62.4 cm³/mol. The van der Waals surface area contributed by atoms with Gasteiger partial charge in [-0.25, -0.2) is 4.39 Å². The normalized spacial score (nSPS) is 10.6. The Morgan fingerprint density at radius 2 is 1.64 bits per heavy atom. The maximum absolute atomic E-state index is 13.0. The van der Waals surface area contributed by atoms with Gasteiger partial charge in [-0.2, -0.15) is 0 Å². The molecule has 0 bridgehead atoms. The molecule has 0 radical (unpaired) electrons. The second kappa shape index (κ2) is 4.20. The molecule has 2 heteroatoms. The summed E-state index contributed by atoms with van der Waals surface area (Å²) in [4.78, 5) is 0. The van der Waals surface area contributed by atoms with Gasteiger partial charge in [-0.05, 0) is 17.3 Å². The first-order valence-corrected chi connectivity index (χ1v) is 6.58. The van der Waals surface area contributed by atoms with Crippen molar-refractivity contribution in [3.63, 3.8) is 0 Å². The van der Waals surface area contributed by atoms with E-state index >= 15 is 0 Å². The SMILES string of the molecule is C=C[Si](C=C)(C=C)c1cccc(F)c1. The second-order valence-electron chi connectivity index (χ2n) is 3.06. The monoisotopic (exact) mass is 204 g/mol. The lowest BCUT2D eigenvalue weighted by molar-refractivity contribution is 0.629. The van der Waals surface area contributed by atoms with E-state index < -0.39 is 8.07 Å². The first kappa shape index (κ1) is 10.7. The standard InChI is InChI=1S/C12H13FSi/c1-4-14(5-2,6-3)12-9-7-8-11(13)10-12/h4-10H,1-3H2. The Morgan fingerprint density at radius 1 is 1.07 bits per heavy atom. The lowest BCUT2D eigenvalue weighted by Crippen LogP contribution is -2.42. The van der Waals surface area contributed by atoms with Gasteiger partial charge < -0.3 is 0 Å². The molecule has 0 saturated heterocycles. The third kappa shape index (κ3) is 1.75. The Labute approximate surface area is 85.1 Å². The van der Waals surface area contributed by atoms with Crippen molar-refractivity contribution in [3.05, 3.63) is 66.9 Å². The fourth-order valence-corrected chi connectivity index (χ4v) is 3.34. The Morgan fingerprint density at radius 3 is 2.07 bits per heavy atom. The van der Waals surface area contributed by atoms with Gasteiger partial charge in [0.15, 0.2) is 8.07 Å². The molecule has 0 spiro atoms. The minimum absolute atomic E-state index is 0.232. The number of hydrogen-bond acceptors (Lipinski definition) is 0. The first-order valence-electron chi connectivity index (χ1n) is 4.35. The molecular formula is C12H13FSi. The summed E-state index contributed by atoms with van der Waals surface area (Å²) in [5, 5.41) is 0.928. The molecule has 14 heavy (non-hydrogen) atoms. The number of benzene rings is 1. The topological polar surface area (TPSA) is 0 Å². The van der Waals surface area contributed by atoms with Crippen molar-refractivity contribution < 1.29 is 4.39 Å². The predicted octanol–water partition coefficient (Wildman–Crippen LogP) is 2.66. The Hall–Kier alpha value is -1.41. The maximum Gasteiger partial charge on any atom is 0.156 e. The van der Waals surface area contributed by atoms with Crippen molar-refractivity contribution in [3.8, 4) is 0 Å². The zero-order valence-electron chi connectivity index (χ0n) is 8.04. The van der Waals surface area contributed by atoms with Crippen molar-refractivity contribution in [1.29, 1.82) is 0 Å². The smallest absolute Gasteiger partial charge is 0.156 e. The van der Waals surface area contributed by atoms with E-state index in [2.05, 4.69) is 19.7 Å². The summed E-state index contributed by atoms with van der Waals surface area (Å²) in [6.07, 6.45) is 0. The van der Waals surface area contributed by atoms with Gasteiger partial charge in [0, 0.05) is 0 Å². The van der Waals surface area contributed by atoms with Gasteiger partial charge in [0.1, 0.15) is 5.82 Å². The zero-order chi connectivity index (χ0) is 10.6.